The van der Waals surface area contributed by atoms with Gasteiger partial charge in [-0.05, 0) is 67.1 Å². The van der Waals surface area contributed by atoms with Gasteiger partial charge >= 0.3 is 12.4 Å². The fourth-order valence-corrected chi connectivity index (χ4v) is 5.80. The van der Waals surface area contributed by atoms with Crippen LogP contribution < -0.4 is 15.0 Å². The third-order valence-electron chi connectivity index (χ3n) is 7.02. The van der Waals surface area contributed by atoms with Crippen molar-refractivity contribution in [1.82, 2.24) is 20.1 Å². The van der Waals surface area contributed by atoms with Gasteiger partial charge < -0.3 is 15.0 Å². The van der Waals surface area contributed by atoms with Crippen molar-refractivity contribution in [1.29, 1.82) is 0 Å². The lowest BCUT2D eigenvalue weighted by Crippen LogP contribution is -2.37. The monoisotopic (exact) mass is 608 g/mol. The molecule has 43 heavy (non-hydrogen) atoms. The van der Waals surface area contributed by atoms with Crippen molar-refractivity contribution in [2.24, 2.45) is 4.99 Å². The number of ether oxygens (including phenoxy) is 1. The van der Waals surface area contributed by atoms with E-state index < -0.39 is 6.36 Å². The average molecular weight is 609 g/mol. The molecule has 0 spiro atoms. The van der Waals surface area contributed by atoms with Crippen molar-refractivity contribution < 1.29 is 22.7 Å². The van der Waals surface area contributed by atoms with Gasteiger partial charge in [-0.25, -0.2) is 14.5 Å². The van der Waals surface area contributed by atoms with E-state index in [4.69, 9.17) is 0 Å². The van der Waals surface area contributed by atoms with Gasteiger partial charge in [0.2, 0.25) is 0 Å². The largest absolute Gasteiger partial charge is 0.573 e. The molecule has 1 fully saturated rings. The van der Waals surface area contributed by atoms with Crippen LogP contribution in [0.1, 0.15) is 36.0 Å². The number of para-hydroxylation sites is 1. The van der Waals surface area contributed by atoms with Crippen molar-refractivity contribution in [2.75, 3.05) is 23.7 Å². The number of anilines is 1. The Morgan fingerprint density at radius 3 is 2.44 bits per heavy atom. The smallest absolute Gasteiger partial charge is 0.406 e. The molecule has 1 unspecified atom stereocenters. The third-order valence-corrected chi connectivity index (χ3v) is 8.08. The number of amidine groups is 1. The summed E-state index contributed by atoms with van der Waals surface area (Å²) >= 11 is 1.60. The van der Waals surface area contributed by atoms with Crippen molar-refractivity contribution in [3.8, 4) is 22.8 Å². The highest BCUT2D eigenvalue weighted by Crippen LogP contribution is 2.31. The standard InChI is InChI=1S/C31H31F3N6O2S/c1-20-6-4-7-21(2)27(20)39-16-5-17-43-30(39)37-29(41)35-18-22(3)23-8-10-24(11-9-23)28-36-19-40(38-28)25-12-14-26(15-13-25)42-31(32,33)34/h4,6-15,19,22H,5,16-18H2,1-3H3,(H,35,41)/b37-30-. The Morgan fingerprint density at radius 2 is 1.77 bits per heavy atom. The van der Waals surface area contributed by atoms with E-state index in [9.17, 15) is 18.0 Å². The summed E-state index contributed by atoms with van der Waals surface area (Å²) < 4.78 is 42.6. The van der Waals surface area contributed by atoms with Gasteiger partial charge in [0.05, 0.1) is 5.69 Å². The van der Waals surface area contributed by atoms with E-state index in [0.29, 0.717) is 18.1 Å². The van der Waals surface area contributed by atoms with Gasteiger partial charge in [0.25, 0.3) is 0 Å². The number of amides is 2. The Labute approximate surface area is 252 Å². The van der Waals surface area contributed by atoms with E-state index in [0.717, 1.165) is 51.8 Å². The van der Waals surface area contributed by atoms with Crippen LogP contribution in [-0.2, 0) is 0 Å². The topological polar surface area (TPSA) is 84.6 Å². The van der Waals surface area contributed by atoms with E-state index in [1.807, 2.05) is 37.3 Å². The van der Waals surface area contributed by atoms with Crippen LogP contribution in [0.3, 0.4) is 0 Å². The fraction of sp³-hybridized carbons (Fsp3) is 0.290. The molecule has 5 rings (SSSR count). The summed E-state index contributed by atoms with van der Waals surface area (Å²) in [4.78, 5) is 23.7. The first-order valence-corrected chi connectivity index (χ1v) is 14.8. The number of hydrogen-bond donors (Lipinski definition) is 1. The molecular weight excluding hydrogens is 577 g/mol. The lowest BCUT2D eigenvalue weighted by atomic mass is 10.00. The predicted octanol–water partition coefficient (Wildman–Crippen LogP) is 7.26. The van der Waals surface area contributed by atoms with Crippen molar-refractivity contribution in [3.63, 3.8) is 0 Å². The summed E-state index contributed by atoms with van der Waals surface area (Å²) in [6.45, 7) is 7.42. The molecule has 2 heterocycles. The molecule has 12 heteroatoms. The van der Waals surface area contributed by atoms with E-state index in [1.165, 1.54) is 35.3 Å². The number of aliphatic imine (C=N–C) groups is 1. The number of nitrogens with one attached hydrogen (secondary N) is 1. The van der Waals surface area contributed by atoms with Crippen LogP contribution in [0, 0.1) is 13.8 Å². The van der Waals surface area contributed by atoms with Crippen LogP contribution in [0.15, 0.2) is 78.0 Å². The Kier molecular flexibility index (Phi) is 9.05. The van der Waals surface area contributed by atoms with Crippen LogP contribution >= 0.6 is 11.8 Å². The number of rotatable bonds is 7. The Morgan fingerprint density at radius 1 is 1.07 bits per heavy atom. The molecule has 0 aliphatic carbocycles. The molecule has 0 bridgehead atoms. The number of aromatic nitrogens is 3. The molecule has 1 aromatic heterocycles. The van der Waals surface area contributed by atoms with E-state index in [2.05, 4.69) is 56.0 Å². The maximum absolute atomic E-state index is 12.8. The quantitative estimate of drug-likeness (QED) is 0.238. The van der Waals surface area contributed by atoms with Crippen LogP contribution in [0.25, 0.3) is 17.1 Å². The SMILES string of the molecule is Cc1cccc(C)c1N1CCCS/C1=N\C(=O)NCC(C)c1ccc(-c2ncn(-c3ccc(OC(F)(F)F)cc3)n2)cc1. The first-order chi connectivity index (χ1) is 20.6. The Balaban J connectivity index is 1.19. The van der Waals surface area contributed by atoms with Gasteiger partial charge in [0.1, 0.15) is 12.1 Å². The first-order valence-electron chi connectivity index (χ1n) is 13.8. The minimum absolute atomic E-state index is 0.0369. The van der Waals surface area contributed by atoms with Crippen molar-refractivity contribution >= 4 is 28.6 Å². The predicted molar refractivity (Wildman–Crippen MR) is 163 cm³/mol. The molecule has 3 aromatic carbocycles. The molecule has 1 saturated heterocycles. The van der Waals surface area contributed by atoms with E-state index in [1.54, 1.807) is 11.8 Å². The van der Waals surface area contributed by atoms with Gasteiger partial charge in [-0.15, -0.1) is 18.3 Å². The van der Waals surface area contributed by atoms with E-state index >= 15 is 0 Å². The highest BCUT2D eigenvalue weighted by atomic mass is 32.2. The second kappa shape index (κ2) is 12.9. The molecule has 1 atom stereocenters. The van der Waals surface area contributed by atoms with Gasteiger partial charge in [-0.3, -0.25) is 0 Å². The molecule has 1 aliphatic heterocycles. The highest BCUT2D eigenvalue weighted by molar-refractivity contribution is 8.14. The first kappa shape index (κ1) is 30.1. The normalized spacial score (nSPS) is 15.4. The zero-order chi connectivity index (χ0) is 30.6. The molecule has 8 nitrogen and oxygen atoms in total. The van der Waals surface area contributed by atoms with Crippen LogP contribution in [0.5, 0.6) is 5.75 Å². The maximum atomic E-state index is 12.8. The van der Waals surface area contributed by atoms with Crippen LogP contribution in [-0.4, -0.2) is 51.2 Å². The van der Waals surface area contributed by atoms with Gasteiger partial charge in [-0.2, -0.15) is 4.99 Å². The minimum Gasteiger partial charge on any atom is -0.406 e. The van der Waals surface area contributed by atoms with Crippen molar-refractivity contribution in [3.05, 3.63) is 89.7 Å². The molecule has 224 valence electrons. The number of benzene rings is 3. The molecule has 1 aliphatic rings. The minimum atomic E-state index is -4.75. The van der Waals surface area contributed by atoms with Crippen LogP contribution in [0.2, 0.25) is 0 Å². The van der Waals surface area contributed by atoms with Crippen molar-refractivity contribution in [2.45, 2.75) is 39.5 Å². The zero-order valence-electron chi connectivity index (χ0n) is 23.9. The zero-order valence-corrected chi connectivity index (χ0v) is 24.7. The number of thioether (sulfide) groups is 1. The number of aryl methyl sites for hydroxylation is 2. The summed E-state index contributed by atoms with van der Waals surface area (Å²) in [6, 6.07) is 18.9. The molecule has 4 aromatic rings. The third kappa shape index (κ3) is 7.56. The maximum Gasteiger partial charge on any atom is 0.573 e. The summed E-state index contributed by atoms with van der Waals surface area (Å²) in [5, 5.41) is 8.11. The molecular formula is C31H31F3N6O2S. The number of nitrogens with zero attached hydrogens (tertiary/aromatic N) is 5. The summed E-state index contributed by atoms with van der Waals surface area (Å²) in [5.74, 6) is 1.12. The lowest BCUT2D eigenvalue weighted by Gasteiger charge is -2.31. The molecule has 0 radical (unpaired) electrons. The lowest BCUT2D eigenvalue weighted by molar-refractivity contribution is -0.274. The second-order valence-corrected chi connectivity index (χ2v) is 11.3. The fourth-order valence-electron chi connectivity index (χ4n) is 4.86. The number of alkyl halides is 3. The number of halogens is 3. The Hall–Kier alpha value is -4.32. The molecule has 1 N–H and O–H groups in total. The Bertz CT molecular complexity index is 1580. The number of carbonyl (C=O) groups excluding carboxylic acids is 1. The average Bonchev–Trinajstić information content (AvgIpc) is 3.47. The molecule has 2 amide bonds. The van der Waals surface area contributed by atoms with E-state index in [-0.39, 0.29) is 17.7 Å². The number of hydrogen-bond acceptors (Lipinski definition) is 5. The van der Waals surface area contributed by atoms with Gasteiger partial charge in [-0.1, -0.05) is 61.2 Å². The molecule has 0 saturated carbocycles. The number of urea groups is 1. The van der Waals surface area contributed by atoms with Gasteiger partial charge in [0, 0.05) is 30.1 Å². The summed E-state index contributed by atoms with van der Waals surface area (Å²) in [5.41, 5.74) is 5.78. The second-order valence-electron chi connectivity index (χ2n) is 10.3. The highest BCUT2D eigenvalue weighted by Gasteiger charge is 2.31. The van der Waals surface area contributed by atoms with Crippen LogP contribution in [0.4, 0.5) is 23.7 Å². The summed E-state index contributed by atoms with van der Waals surface area (Å²) in [7, 11) is 0. The van der Waals surface area contributed by atoms with Gasteiger partial charge in [0.15, 0.2) is 11.0 Å². The number of carbonyl (C=O) groups is 1. The summed E-state index contributed by atoms with van der Waals surface area (Å²) in [6.07, 6.45) is -2.23.